The van der Waals surface area contributed by atoms with Gasteiger partial charge >= 0.3 is 5.97 Å². The van der Waals surface area contributed by atoms with Crippen molar-refractivity contribution in [1.29, 1.82) is 0 Å². The highest BCUT2D eigenvalue weighted by Gasteiger charge is 2.48. The van der Waals surface area contributed by atoms with Gasteiger partial charge in [0, 0.05) is 19.3 Å². The Morgan fingerprint density at radius 3 is 2.23 bits per heavy atom. The van der Waals surface area contributed by atoms with Crippen LogP contribution in [0.1, 0.15) is 93.9 Å². The average molecular weight is 371 g/mol. The number of rotatable bonds is 8. The van der Waals surface area contributed by atoms with E-state index < -0.39 is 22.7 Å². The maximum absolute atomic E-state index is 13.0. The van der Waals surface area contributed by atoms with E-state index in [2.05, 4.69) is 41.5 Å². The smallest absolute Gasteiger partial charge is 0.312 e. The molecule has 1 fully saturated rings. The van der Waals surface area contributed by atoms with E-state index in [4.69, 9.17) is 4.74 Å². The second-order valence-corrected chi connectivity index (χ2v) is 10.2. The summed E-state index contributed by atoms with van der Waals surface area (Å²) in [6.45, 7) is 16.3. The summed E-state index contributed by atoms with van der Waals surface area (Å²) in [6, 6.07) is 0. The Bertz CT molecular complexity index is 471. The topological polar surface area (TPSA) is 66.8 Å². The van der Waals surface area contributed by atoms with E-state index >= 15 is 0 Å². The SMILES string of the molecule is CCC(C)CC1(O)CC(OC(=O)C(C)(CC(C)C)C(C)C)CC(C)(O)C1. The van der Waals surface area contributed by atoms with E-state index in [1.807, 2.05) is 6.92 Å². The van der Waals surface area contributed by atoms with Crippen molar-refractivity contribution in [2.75, 3.05) is 0 Å². The zero-order valence-electron chi connectivity index (χ0n) is 18.3. The third kappa shape index (κ3) is 6.23. The van der Waals surface area contributed by atoms with Gasteiger partial charge in [0.2, 0.25) is 0 Å². The summed E-state index contributed by atoms with van der Waals surface area (Å²) in [5.41, 5.74) is -2.54. The lowest BCUT2D eigenvalue weighted by Crippen LogP contribution is -2.52. The molecule has 4 heteroatoms. The Labute approximate surface area is 160 Å². The average Bonchev–Trinajstić information content (AvgIpc) is 2.43. The fraction of sp³-hybridized carbons (Fsp3) is 0.955. The Hall–Kier alpha value is -0.610. The predicted octanol–water partition coefficient (Wildman–Crippen LogP) is 4.71. The molecule has 0 aliphatic heterocycles. The summed E-state index contributed by atoms with van der Waals surface area (Å²) in [5, 5.41) is 21.8. The molecule has 0 saturated heterocycles. The Morgan fingerprint density at radius 1 is 1.19 bits per heavy atom. The molecule has 4 nitrogen and oxygen atoms in total. The van der Waals surface area contributed by atoms with Gasteiger partial charge in [0.25, 0.3) is 0 Å². The highest BCUT2D eigenvalue weighted by atomic mass is 16.5. The molecule has 1 aliphatic rings. The Morgan fingerprint density at radius 2 is 1.77 bits per heavy atom. The highest BCUT2D eigenvalue weighted by molar-refractivity contribution is 5.77. The first-order chi connectivity index (χ1) is 11.7. The molecule has 1 saturated carbocycles. The molecule has 0 radical (unpaired) electrons. The van der Waals surface area contributed by atoms with Crippen LogP contribution in [0.3, 0.4) is 0 Å². The number of hydrogen-bond donors (Lipinski definition) is 2. The van der Waals surface area contributed by atoms with Crippen LogP contribution < -0.4 is 0 Å². The molecule has 0 aromatic rings. The van der Waals surface area contributed by atoms with Crippen LogP contribution in [0.15, 0.2) is 0 Å². The summed E-state index contributed by atoms with van der Waals surface area (Å²) in [5.74, 6) is 0.731. The highest BCUT2D eigenvalue weighted by Crippen LogP contribution is 2.42. The first kappa shape index (κ1) is 23.4. The third-order valence-electron chi connectivity index (χ3n) is 6.26. The van der Waals surface area contributed by atoms with Gasteiger partial charge in [-0.2, -0.15) is 0 Å². The maximum atomic E-state index is 13.0. The molecule has 1 rings (SSSR count). The minimum absolute atomic E-state index is 0.167. The number of ether oxygens (including phenoxy) is 1. The quantitative estimate of drug-likeness (QED) is 0.607. The first-order valence-electron chi connectivity index (χ1n) is 10.4. The molecule has 154 valence electrons. The molecule has 0 heterocycles. The summed E-state index contributed by atoms with van der Waals surface area (Å²) < 4.78 is 5.91. The molecule has 1 aliphatic carbocycles. The summed E-state index contributed by atoms with van der Waals surface area (Å²) in [4.78, 5) is 13.0. The van der Waals surface area contributed by atoms with Gasteiger partial charge in [-0.3, -0.25) is 4.79 Å². The van der Waals surface area contributed by atoms with E-state index in [1.54, 1.807) is 6.92 Å². The van der Waals surface area contributed by atoms with Gasteiger partial charge < -0.3 is 14.9 Å². The van der Waals surface area contributed by atoms with Gasteiger partial charge in [0.1, 0.15) is 6.10 Å². The normalized spacial score (nSPS) is 33.2. The Kier molecular flexibility index (Phi) is 7.75. The van der Waals surface area contributed by atoms with Crippen molar-refractivity contribution in [1.82, 2.24) is 0 Å². The molecular weight excluding hydrogens is 328 g/mol. The van der Waals surface area contributed by atoms with Crippen molar-refractivity contribution >= 4 is 5.97 Å². The fourth-order valence-electron chi connectivity index (χ4n) is 4.56. The van der Waals surface area contributed by atoms with Crippen molar-refractivity contribution in [3.8, 4) is 0 Å². The number of carbonyl (C=O) groups is 1. The number of esters is 1. The van der Waals surface area contributed by atoms with E-state index in [0.717, 1.165) is 12.8 Å². The lowest BCUT2D eigenvalue weighted by molar-refractivity contribution is -0.184. The van der Waals surface area contributed by atoms with Crippen LogP contribution >= 0.6 is 0 Å². The van der Waals surface area contributed by atoms with Gasteiger partial charge in [-0.05, 0) is 44.4 Å². The maximum Gasteiger partial charge on any atom is 0.312 e. The van der Waals surface area contributed by atoms with Crippen LogP contribution in [0.4, 0.5) is 0 Å². The molecule has 26 heavy (non-hydrogen) atoms. The van der Waals surface area contributed by atoms with Gasteiger partial charge in [-0.15, -0.1) is 0 Å². The monoisotopic (exact) mass is 370 g/mol. The van der Waals surface area contributed by atoms with Crippen LogP contribution in [-0.4, -0.2) is 33.5 Å². The van der Waals surface area contributed by atoms with E-state index in [-0.39, 0.29) is 11.9 Å². The van der Waals surface area contributed by atoms with Gasteiger partial charge in [-0.25, -0.2) is 0 Å². The molecule has 5 unspecified atom stereocenters. The largest absolute Gasteiger partial charge is 0.462 e. The van der Waals surface area contributed by atoms with Crippen LogP contribution in [-0.2, 0) is 9.53 Å². The van der Waals surface area contributed by atoms with Gasteiger partial charge in [-0.1, -0.05) is 48.0 Å². The lowest BCUT2D eigenvalue weighted by Gasteiger charge is -2.46. The second-order valence-electron chi connectivity index (χ2n) is 10.2. The molecule has 0 aromatic heterocycles. The number of hydrogen-bond acceptors (Lipinski definition) is 4. The van der Waals surface area contributed by atoms with Gasteiger partial charge in [0.05, 0.1) is 16.6 Å². The van der Waals surface area contributed by atoms with Crippen molar-refractivity contribution in [3.63, 3.8) is 0 Å². The third-order valence-corrected chi connectivity index (χ3v) is 6.26. The number of aliphatic hydroxyl groups is 2. The van der Waals surface area contributed by atoms with Crippen molar-refractivity contribution in [2.45, 2.75) is 111 Å². The molecule has 2 N–H and O–H groups in total. The molecule has 0 spiro atoms. The fourth-order valence-corrected chi connectivity index (χ4v) is 4.56. The molecule has 5 atom stereocenters. The summed E-state index contributed by atoms with van der Waals surface area (Å²) in [7, 11) is 0. The first-order valence-corrected chi connectivity index (χ1v) is 10.4. The minimum atomic E-state index is -1.02. The summed E-state index contributed by atoms with van der Waals surface area (Å²) in [6.07, 6.45) is 3.07. The number of carbonyl (C=O) groups excluding carboxylic acids is 1. The molecule has 0 bridgehead atoms. The minimum Gasteiger partial charge on any atom is -0.462 e. The predicted molar refractivity (Wildman–Crippen MR) is 106 cm³/mol. The van der Waals surface area contributed by atoms with E-state index in [9.17, 15) is 15.0 Å². The van der Waals surface area contributed by atoms with Crippen molar-refractivity contribution in [2.24, 2.45) is 23.2 Å². The molecule has 0 amide bonds. The van der Waals surface area contributed by atoms with Crippen molar-refractivity contribution in [3.05, 3.63) is 0 Å². The van der Waals surface area contributed by atoms with Gasteiger partial charge in [0.15, 0.2) is 0 Å². The van der Waals surface area contributed by atoms with Crippen molar-refractivity contribution < 1.29 is 19.7 Å². The lowest BCUT2D eigenvalue weighted by atomic mass is 9.70. The Balaban J connectivity index is 2.94. The van der Waals surface area contributed by atoms with E-state index in [0.29, 0.717) is 37.5 Å². The van der Waals surface area contributed by atoms with Crippen LogP contribution in [0.2, 0.25) is 0 Å². The molecule has 0 aromatic carbocycles. The van der Waals surface area contributed by atoms with Crippen LogP contribution in [0.5, 0.6) is 0 Å². The standard InChI is InChI=1S/C22H42O4/c1-9-17(6)11-22(25)13-18(12-20(7,24)14-22)26-19(23)21(8,16(4)5)10-15(2)3/h15-18,24-25H,9-14H2,1-8H3. The van der Waals surface area contributed by atoms with Crippen LogP contribution in [0.25, 0.3) is 0 Å². The zero-order chi connectivity index (χ0) is 20.3. The second kappa shape index (κ2) is 8.60. The zero-order valence-corrected chi connectivity index (χ0v) is 18.3. The summed E-state index contributed by atoms with van der Waals surface area (Å²) >= 11 is 0. The molecular formula is C22H42O4. The van der Waals surface area contributed by atoms with E-state index in [1.165, 1.54) is 0 Å². The van der Waals surface area contributed by atoms with Crippen LogP contribution in [0, 0.1) is 23.2 Å².